The molecular formula is C12H20N2. The van der Waals surface area contributed by atoms with Gasteiger partial charge < -0.3 is 0 Å². The maximum absolute atomic E-state index is 3.16. The summed E-state index contributed by atoms with van der Waals surface area (Å²) in [4.78, 5) is 0. The summed E-state index contributed by atoms with van der Waals surface area (Å²) >= 11 is 0. The average molecular weight is 192 g/mol. The Hall–Kier alpha value is -0.860. The van der Waals surface area contributed by atoms with Gasteiger partial charge in [-0.1, -0.05) is 38.1 Å². The van der Waals surface area contributed by atoms with Crippen LogP contribution in [0.15, 0.2) is 24.3 Å². The van der Waals surface area contributed by atoms with Crippen molar-refractivity contribution in [2.75, 3.05) is 13.1 Å². The van der Waals surface area contributed by atoms with E-state index in [4.69, 9.17) is 0 Å². The van der Waals surface area contributed by atoms with Crippen LogP contribution in [-0.2, 0) is 12.8 Å². The zero-order valence-corrected chi connectivity index (χ0v) is 9.14. The van der Waals surface area contributed by atoms with Crippen molar-refractivity contribution < 1.29 is 0 Å². The van der Waals surface area contributed by atoms with E-state index in [1.165, 1.54) is 11.1 Å². The molecule has 1 rings (SSSR count). The standard InChI is InChI=1S/C12H20N2/c1-3-11-5-7-12(8-6-11)9-10-14-13-4-2/h5-8,13-14H,3-4,9-10H2,1-2H3. The second-order valence-corrected chi connectivity index (χ2v) is 3.38. The minimum absolute atomic E-state index is 0.967. The largest absolute Gasteiger partial charge is 0.258 e. The lowest BCUT2D eigenvalue weighted by Crippen LogP contribution is -2.32. The van der Waals surface area contributed by atoms with E-state index in [-0.39, 0.29) is 0 Å². The van der Waals surface area contributed by atoms with Crippen LogP contribution in [0.25, 0.3) is 0 Å². The van der Waals surface area contributed by atoms with Crippen molar-refractivity contribution in [2.24, 2.45) is 0 Å². The molecule has 0 saturated heterocycles. The molecule has 2 heteroatoms. The van der Waals surface area contributed by atoms with Crippen molar-refractivity contribution in [1.82, 2.24) is 10.9 Å². The first-order valence-electron chi connectivity index (χ1n) is 5.40. The number of hydrogen-bond acceptors (Lipinski definition) is 2. The van der Waals surface area contributed by atoms with Gasteiger partial charge in [0.05, 0.1) is 0 Å². The maximum atomic E-state index is 3.16. The first-order valence-corrected chi connectivity index (χ1v) is 5.40. The number of rotatable bonds is 6. The predicted molar refractivity (Wildman–Crippen MR) is 61.2 cm³/mol. The van der Waals surface area contributed by atoms with Crippen LogP contribution in [0.4, 0.5) is 0 Å². The molecule has 78 valence electrons. The van der Waals surface area contributed by atoms with E-state index in [1.54, 1.807) is 0 Å². The molecule has 1 aromatic rings. The molecular weight excluding hydrogens is 172 g/mol. The summed E-state index contributed by atoms with van der Waals surface area (Å²) < 4.78 is 0. The third-order valence-corrected chi connectivity index (χ3v) is 2.27. The first kappa shape index (κ1) is 11.2. The number of aryl methyl sites for hydroxylation is 1. The molecule has 0 aromatic heterocycles. The van der Waals surface area contributed by atoms with Crippen LogP contribution in [0.5, 0.6) is 0 Å². The van der Waals surface area contributed by atoms with Gasteiger partial charge in [0, 0.05) is 13.1 Å². The third-order valence-electron chi connectivity index (χ3n) is 2.27. The van der Waals surface area contributed by atoms with Gasteiger partial charge in [0.2, 0.25) is 0 Å². The molecule has 0 aliphatic carbocycles. The summed E-state index contributed by atoms with van der Waals surface area (Å²) in [6.45, 7) is 6.22. The van der Waals surface area contributed by atoms with Crippen molar-refractivity contribution in [1.29, 1.82) is 0 Å². The van der Waals surface area contributed by atoms with Gasteiger partial charge in [0.15, 0.2) is 0 Å². The molecule has 14 heavy (non-hydrogen) atoms. The Morgan fingerprint density at radius 3 is 2.14 bits per heavy atom. The number of hydrogen-bond donors (Lipinski definition) is 2. The van der Waals surface area contributed by atoms with E-state index in [9.17, 15) is 0 Å². The maximum Gasteiger partial charge on any atom is 0.0140 e. The highest BCUT2D eigenvalue weighted by atomic mass is 15.3. The molecule has 0 aliphatic rings. The zero-order chi connectivity index (χ0) is 10.2. The van der Waals surface area contributed by atoms with E-state index in [1.807, 2.05) is 0 Å². The highest BCUT2D eigenvalue weighted by molar-refractivity contribution is 5.22. The van der Waals surface area contributed by atoms with Crippen LogP contribution in [-0.4, -0.2) is 13.1 Å². The van der Waals surface area contributed by atoms with Crippen LogP contribution >= 0.6 is 0 Å². The Balaban J connectivity index is 2.29. The van der Waals surface area contributed by atoms with Crippen LogP contribution in [0.1, 0.15) is 25.0 Å². The molecule has 2 nitrogen and oxygen atoms in total. The van der Waals surface area contributed by atoms with Gasteiger partial charge in [-0.25, -0.2) is 0 Å². The van der Waals surface area contributed by atoms with Gasteiger partial charge in [-0.15, -0.1) is 0 Å². The fourth-order valence-corrected chi connectivity index (χ4v) is 1.36. The lowest BCUT2D eigenvalue weighted by Gasteiger charge is -2.05. The topological polar surface area (TPSA) is 24.1 Å². The summed E-state index contributed by atoms with van der Waals surface area (Å²) in [6.07, 6.45) is 2.20. The quantitative estimate of drug-likeness (QED) is 0.531. The van der Waals surface area contributed by atoms with E-state index < -0.39 is 0 Å². The number of benzene rings is 1. The minimum Gasteiger partial charge on any atom is -0.258 e. The minimum atomic E-state index is 0.967. The molecule has 0 spiro atoms. The Bertz CT molecular complexity index is 241. The Morgan fingerprint density at radius 2 is 1.57 bits per heavy atom. The molecule has 0 heterocycles. The SMILES string of the molecule is CCNNCCc1ccc(CC)cc1. The summed E-state index contributed by atoms with van der Waals surface area (Å²) in [5, 5.41) is 0. The van der Waals surface area contributed by atoms with E-state index >= 15 is 0 Å². The smallest absolute Gasteiger partial charge is 0.0140 e. The van der Waals surface area contributed by atoms with Crippen LogP contribution in [0.2, 0.25) is 0 Å². The summed E-state index contributed by atoms with van der Waals surface area (Å²) in [7, 11) is 0. The van der Waals surface area contributed by atoms with Crippen molar-refractivity contribution in [3.63, 3.8) is 0 Å². The molecule has 1 aromatic carbocycles. The Morgan fingerprint density at radius 1 is 0.929 bits per heavy atom. The second-order valence-electron chi connectivity index (χ2n) is 3.38. The highest BCUT2D eigenvalue weighted by Crippen LogP contribution is 2.04. The predicted octanol–water partition coefficient (Wildman–Crippen LogP) is 1.91. The first-order chi connectivity index (χ1) is 6.86. The lowest BCUT2D eigenvalue weighted by molar-refractivity contribution is 0.553. The third kappa shape index (κ3) is 3.90. The molecule has 2 N–H and O–H groups in total. The molecule has 0 fully saturated rings. The van der Waals surface area contributed by atoms with Gasteiger partial charge in [-0.3, -0.25) is 10.9 Å². The monoisotopic (exact) mass is 192 g/mol. The van der Waals surface area contributed by atoms with Crippen molar-refractivity contribution in [3.8, 4) is 0 Å². The molecule has 0 radical (unpaired) electrons. The molecule has 0 unspecified atom stereocenters. The van der Waals surface area contributed by atoms with Crippen molar-refractivity contribution in [3.05, 3.63) is 35.4 Å². The number of hydrazine groups is 1. The van der Waals surface area contributed by atoms with Gasteiger partial charge in [0.25, 0.3) is 0 Å². The molecule has 0 amide bonds. The fourth-order valence-electron chi connectivity index (χ4n) is 1.36. The average Bonchev–Trinajstić information content (AvgIpc) is 2.25. The summed E-state index contributed by atoms with van der Waals surface area (Å²) in [5.74, 6) is 0. The fraction of sp³-hybridized carbons (Fsp3) is 0.500. The van der Waals surface area contributed by atoms with Gasteiger partial charge in [-0.05, 0) is 24.0 Å². The highest BCUT2D eigenvalue weighted by Gasteiger charge is 1.92. The van der Waals surface area contributed by atoms with Crippen molar-refractivity contribution in [2.45, 2.75) is 26.7 Å². The summed E-state index contributed by atoms with van der Waals surface area (Å²) in [6, 6.07) is 8.85. The summed E-state index contributed by atoms with van der Waals surface area (Å²) in [5.41, 5.74) is 9.06. The van der Waals surface area contributed by atoms with Crippen LogP contribution in [0, 0.1) is 0 Å². The molecule has 0 saturated carbocycles. The van der Waals surface area contributed by atoms with Gasteiger partial charge in [0.1, 0.15) is 0 Å². The second kappa shape index (κ2) is 6.57. The lowest BCUT2D eigenvalue weighted by atomic mass is 10.1. The van der Waals surface area contributed by atoms with Gasteiger partial charge >= 0.3 is 0 Å². The van der Waals surface area contributed by atoms with E-state index in [0.717, 1.165) is 25.9 Å². The Labute approximate surface area is 86.7 Å². The van der Waals surface area contributed by atoms with Crippen LogP contribution in [0.3, 0.4) is 0 Å². The number of nitrogens with one attached hydrogen (secondary N) is 2. The van der Waals surface area contributed by atoms with E-state index in [0.29, 0.717) is 0 Å². The Kier molecular flexibility index (Phi) is 5.27. The van der Waals surface area contributed by atoms with E-state index in [2.05, 4.69) is 49.0 Å². The normalized spacial score (nSPS) is 10.4. The van der Waals surface area contributed by atoms with Crippen molar-refractivity contribution >= 4 is 0 Å². The zero-order valence-electron chi connectivity index (χ0n) is 9.14. The molecule has 0 aliphatic heterocycles. The van der Waals surface area contributed by atoms with Crippen LogP contribution < -0.4 is 10.9 Å². The van der Waals surface area contributed by atoms with Gasteiger partial charge in [-0.2, -0.15) is 0 Å². The molecule has 0 atom stereocenters. The molecule has 0 bridgehead atoms.